The van der Waals surface area contributed by atoms with Crippen LogP contribution < -0.4 is 15.0 Å². The van der Waals surface area contributed by atoms with E-state index in [9.17, 15) is 9.59 Å². The molecular formula is C21H27ClN3O3+. The van der Waals surface area contributed by atoms with E-state index in [4.69, 9.17) is 16.3 Å². The quantitative estimate of drug-likeness (QED) is 0.670. The van der Waals surface area contributed by atoms with Gasteiger partial charge >= 0.3 is 0 Å². The Labute approximate surface area is 171 Å². The Balaban J connectivity index is 1.90. The van der Waals surface area contributed by atoms with Crippen molar-refractivity contribution in [3.63, 3.8) is 0 Å². The van der Waals surface area contributed by atoms with Crippen LogP contribution in [0.4, 0.5) is 5.69 Å². The average molecular weight is 405 g/mol. The molecule has 0 spiro atoms. The molecule has 2 amide bonds. The number of rotatable bonds is 9. The largest absolute Gasteiger partial charge is 0.495 e. The summed E-state index contributed by atoms with van der Waals surface area (Å²) in [6.07, 6.45) is 0. The lowest BCUT2D eigenvalue weighted by molar-refractivity contribution is -0.904. The van der Waals surface area contributed by atoms with Crippen molar-refractivity contribution in [1.82, 2.24) is 4.90 Å². The zero-order valence-electron chi connectivity index (χ0n) is 16.5. The molecule has 0 saturated carbocycles. The third kappa shape index (κ3) is 6.55. The second kappa shape index (κ2) is 10.7. The first-order valence-electron chi connectivity index (χ1n) is 9.17. The molecule has 0 heterocycles. The van der Waals surface area contributed by atoms with Gasteiger partial charge in [0.25, 0.3) is 5.91 Å². The van der Waals surface area contributed by atoms with Crippen LogP contribution in [-0.2, 0) is 16.1 Å². The van der Waals surface area contributed by atoms with E-state index < -0.39 is 0 Å². The van der Waals surface area contributed by atoms with Crippen LogP contribution in [0, 0.1) is 0 Å². The van der Waals surface area contributed by atoms with Gasteiger partial charge in [-0.25, -0.2) is 0 Å². The predicted octanol–water partition coefficient (Wildman–Crippen LogP) is 1.85. The van der Waals surface area contributed by atoms with Crippen molar-refractivity contribution in [2.45, 2.75) is 13.5 Å². The molecule has 0 aliphatic carbocycles. The van der Waals surface area contributed by atoms with Gasteiger partial charge in [0.15, 0.2) is 6.54 Å². The molecule has 150 valence electrons. The highest BCUT2D eigenvalue weighted by molar-refractivity contribution is 6.31. The number of hydrogen-bond acceptors (Lipinski definition) is 3. The molecule has 0 saturated heterocycles. The highest BCUT2D eigenvalue weighted by atomic mass is 35.5. The van der Waals surface area contributed by atoms with Gasteiger partial charge in [-0.1, -0.05) is 41.9 Å². The van der Waals surface area contributed by atoms with E-state index in [1.807, 2.05) is 25.1 Å². The second-order valence-corrected chi connectivity index (χ2v) is 7.02. The molecule has 2 aromatic carbocycles. The van der Waals surface area contributed by atoms with Crippen molar-refractivity contribution in [3.8, 4) is 5.75 Å². The summed E-state index contributed by atoms with van der Waals surface area (Å²) >= 11 is 5.98. The fourth-order valence-electron chi connectivity index (χ4n) is 2.82. The number of methoxy groups -OCH3 is 1. The summed E-state index contributed by atoms with van der Waals surface area (Å²) in [5, 5.41) is 3.24. The standard InChI is InChI=1S/C21H26ClN3O3/c1-4-25(13-16-8-6-5-7-9-16)15-21(27)24(2)14-20(26)23-18-12-17(22)10-11-19(18)28-3/h5-12H,4,13-15H2,1-3H3,(H,23,26)/p+1. The first-order chi connectivity index (χ1) is 13.4. The zero-order chi connectivity index (χ0) is 20.5. The molecule has 0 bridgehead atoms. The van der Waals surface area contributed by atoms with Crippen LogP contribution in [0.1, 0.15) is 12.5 Å². The number of anilines is 1. The minimum Gasteiger partial charge on any atom is -0.495 e. The molecule has 2 N–H and O–H groups in total. The first-order valence-corrected chi connectivity index (χ1v) is 9.55. The Morgan fingerprint density at radius 2 is 1.89 bits per heavy atom. The molecule has 0 aliphatic rings. The van der Waals surface area contributed by atoms with Crippen LogP contribution in [0.2, 0.25) is 5.02 Å². The molecule has 28 heavy (non-hydrogen) atoms. The number of nitrogens with one attached hydrogen (secondary N) is 2. The monoisotopic (exact) mass is 404 g/mol. The first kappa shape index (κ1) is 21.7. The van der Waals surface area contributed by atoms with E-state index in [1.54, 1.807) is 25.2 Å². The van der Waals surface area contributed by atoms with Crippen molar-refractivity contribution in [2.75, 3.05) is 39.1 Å². The molecule has 2 rings (SSSR count). The Morgan fingerprint density at radius 3 is 2.54 bits per heavy atom. The fraction of sp³-hybridized carbons (Fsp3) is 0.333. The van der Waals surface area contributed by atoms with Gasteiger partial charge in [0.1, 0.15) is 12.3 Å². The number of benzene rings is 2. The number of quaternary nitrogens is 1. The van der Waals surface area contributed by atoms with Crippen LogP contribution in [0.25, 0.3) is 0 Å². The number of carbonyl (C=O) groups is 2. The summed E-state index contributed by atoms with van der Waals surface area (Å²) in [5.74, 6) is 0.120. The van der Waals surface area contributed by atoms with Crippen molar-refractivity contribution in [3.05, 3.63) is 59.1 Å². The molecule has 0 aliphatic heterocycles. The molecule has 6 nitrogen and oxygen atoms in total. The van der Waals surface area contributed by atoms with Crippen molar-refractivity contribution in [1.29, 1.82) is 0 Å². The fourth-order valence-corrected chi connectivity index (χ4v) is 2.99. The molecule has 0 fully saturated rings. The number of halogens is 1. The topological polar surface area (TPSA) is 63.1 Å². The van der Waals surface area contributed by atoms with Crippen molar-refractivity contribution < 1.29 is 19.2 Å². The van der Waals surface area contributed by atoms with Gasteiger partial charge in [-0.2, -0.15) is 0 Å². The molecular weight excluding hydrogens is 378 g/mol. The lowest BCUT2D eigenvalue weighted by Gasteiger charge is -2.22. The van der Waals surface area contributed by atoms with E-state index in [2.05, 4.69) is 17.4 Å². The van der Waals surface area contributed by atoms with E-state index in [-0.39, 0.29) is 18.4 Å². The predicted molar refractivity (Wildman–Crippen MR) is 111 cm³/mol. The highest BCUT2D eigenvalue weighted by Crippen LogP contribution is 2.27. The Hall–Kier alpha value is -2.57. The van der Waals surface area contributed by atoms with E-state index in [1.165, 1.54) is 17.6 Å². The van der Waals surface area contributed by atoms with Crippen LogP contribution >= 0.6 is 11.6 Å². The number of ether oxygens (including phenoxy) is 1. The van der Waals surface area contributed by atoms with Crippen LogP contribution in [0.3, 0.4) is 0 Å². The number of likely N-dealkylation sites (N-methyl/N-ethyl adjacent to an activating group) is 2. The zero-order valence-corrected chi connectivity index (χ0v) is 17.3. The van der Waals surface area contributed by atoms with Crippen molar-refractivity contribution >= 4 is 29.1 Å². The maximum Gasteiger partial charge on any atom is 0.277 e. The molecule has 0 radical (unpaired) electrons. The van der Waals surface area contributed by atoms with Gasteiger partial charge < -0.3 is 19.9 Å². The summed E-state index contributed by atoms with van der Waals surface area (Å²) in [7, 11) is 3.15. The lowest BCUT2D eigenvalue weighted by atomic mass is 10.2. The maximum atomic E-state index is 12.5. The van der Waals surface area contributed by atoms with Crippen molar-refractivity contribution in [2.24, 2.45) is 0 Å². The Morgan fingerprint density at radius 1 is 1.18 bits per heavy atom. The smallest absolute Gasteiger partial charge is 0.277 e. The second-order valence-electron chi connectivity index (χ2n) is 6.59. The molecule has 1 atom stereocenters. The average Bonchev–Trinajstić information content (AvgIpc) is 2.68. The third-order valence-electron chi connectivity index (χ3n) is 4.44. The molecule has 2 aromatic rings. The van der Waals surface area contributed by atoms with Crippen LogP contribution in [0.5, 0.6) is 5.75 Å². The van der Waals surface area contributed by atoms with E-state index >= 15 is 0 Å². The molecule has 0 aromatic heterocycles. The normalized spacial score (nSPS) is 11.6. The van der Waals surface area contributed by atoms with E-state index in [0.717, 1.165) is 18.0 Å². The number of carbonyl (C=O) groups excluding carboxylic acids is 2. The summed E-state index contributed by atoms with van der Waals surface area (Å²) in [6.45, 7) is 3.92. The van der Waals surface area contributed by atoms with Crippen LogP contribution in [-0.4, -0.2) is 50.5 Å². The third-order valence-corrected chi connectivity index (χ3v) is 4.68. The van der Waals surface area contributed by atoms with E-state index in [0.29, 0.717) is 23.0 Å². The van der Waals surface area contributed by atoms with Gasteiger partial charge in [0.05, 0.1) is 25.9 Å². The summed E-state index contributed by atoms with van der Waals surface area (Å²) in [4.78, 5) is 27.5. The van der Waals surface area contributed by atoms with Gasteiger partial charge in [-0.15, -0.1) is 0 Å². The molecule has 1 unspecified atom stereocenters. The maximum absolute atomic E-state index is 12.5. The van der Waals surface area contributed by atoms with Crippen LogP contribution in [0.15, 0.2) is 48.5 Å². The SMILES string of the molecule is CC[NH+](CC(=O)N(C)CC(=O)Nc1cc(Cl)ccc1OC)Cc1ccccc1. The van der Waals surface area contributed by atoms with Gasteiger partial charge in [-0.05, 0) is 25.1 Å². The summed E-state index contributed by atoms with van der Waals surface area (Å²) < 4.78 is 5.22. The van der Waals surface area contributed by atoms with Gasteiger partial charge in [0, 0.05) is 17.6 Å². The number of nitrogens with zero attached hydrogens (tertiary/aromatic N) is 1. The Kier molecular flexibility index (Phi) is 8.29. The minimum atomic E-state index is -0.308. The number of amides is 2. The molecule has 7 heteroatoms. The minimum absolute atomic E-state index is 0.0448. The lowest BCUT2D eigenvalue weighted by Crippen LogP contribution is -3.11. The Bertz CT molecular complexity index is 799. The summed E-state index contributed by atoms with van der Waals surface area (Å²) in [5.41, 5.74) is 1.66. The van der Waals surface area contributed by atoms with Gasteiger partial charge in [0.2, 0.25) is 5.91 Å². The number of hydrogen-bond donors (Lipinski definition) is 2. The van der Waals surface area contributed by atoms with Gasteiger partial charge in [-0.3, -0.25) is 9.59 Å². The highest BCUT2D eigenvalue weighted by Gasteiger charge is 2.19. The summed E-state index contributed by atoms with van der Waals surface area (Å²) in [6, 6.07) is 15.0.